The van der Waals surface area contributed by atoms with Crippen molar-refractivity contribution in [2.24, 2.45) is 5.84 Å². The molecule has 0 aliphatic carbocycles. The summed E-state index contributed by atoms with van der Waals surface area (Å²) in [6.45, 7) is 0.284. The van der Waals surface area contributed by atoms with Crippen LogP contribution >= 0.6 is 11.8 Å². The molecule has 0 spiro atoms. The molecule has 2 aliphatic heterocycles. The topological polar surface area (TPSA) is 95.7 Å². The third kappa shape index (κ3) is 1.21. The first-order chi connectivity index (χ1) is 6.65. The molecule has 76 valence electrons. The molecule has 2 rings (SSSR count). The van der Waals surface area contributed by atoms with Crippen LogP contribution in [0, 0.1) is 0 Å². The van der Waals surface area contributed by atoms with Gasteiger partial charge in [-0.25, -0.2) is 4.79 Å². The van der Waals surface area contributed by atoms with Crippen molar-refractivity contribution in [2.45, 2.75) is 11.8 Å². The molecule has 0 saturated carbocycles. The zero-order valence-electron chi connectivity index (χ0n) is 7.19. The second-order valence-corrected chi connectivity index (χ2v) is 4.27. The summed E-state index contributed by atoms with van der Waals surface area (Å²) in [5, 5.41) is 8.89. The van der Waals surface area contributed by atoms with Crippen molar-refractivity contribution in [2.75, 3.05) is 6.54 Å². The minimum Gasteiger partial charge on any atom is -0.477 e. The number of carboxylic acids is 1. The quantitative estimate of drug-likeness (QED) is 0.319. The van der Waals surface area contributed by atoms with Gasteiger partial charge in [-0.3, -0.25) is 21.0 Å². The van der Waals surface area contributed by atoms with Gasteiger partial charge in [-0.15, -0.1) is 11.8 Å². The predicted molar refractivity (Wildman–Crippen MR) is 49.7 cm³/mol. The molecule has 0 aromatic heterocycles. The number of nitrogens with zero attached hydrogens (tertiary/aromatic N) is 1. The van der Waals surface area contributed by atoms with Gasteiger partial charge in [0, 0.05) is 11.4 Å². The highest BCUT2D eigenvalue weighted by Crippen LogP contribution is 2.45. The maximum atomic E-state index is 11.1. The lowest BCUT2D eigenvalue weighted by atomic mass is 10.1. The van der Waals surface area contributed by atoms with E-state index in [2.05, 4.69) is 5.43 Å². The molecule has 6 nitrogen and oxygen atoms in total. The van der Waals surface area contributed by atoms with Crippen LogP contribution in [-0.2, 0) is 9.59 Å². The number of amides is 1. The number of nitrogens with two attached hydrogens (primary N) is 1. The third-order valence-corrected chi connectivity index (χ3v) is 3.43. The molecule has 4 N–H and O–H groups in total. The number of β-lactam (4-membered cyclic amide) rings is 1. The fraction of sp³-hybridized carbons (Fsp3) is 0.429. The van der Waals surface area contributed by atoms with Gasteiger partial charge in [-0.05, 0) is 0 Å². The van der Waals surface area contributed by atoms with Crippen LogP contribution in [0.2, 0.25) is 0 Å². The molecular weight excluding hydrogens is 206 g/mol. The highest BCUT2D eigenvalue weighted by molar-refractivity contribution is 8.04. The van der Waals surface area contributed by atoms with Crippen LogP contribution in [0.3, 0.4) is 0 Å². The van der Waals surface area contributed by atoms with Crippen LogP contribution in [0.25, 0.3) is 0 Å². The van der Waals surface area contributed by atoms with E-state index in [9.17, 15) is 9.59 Å². The minimum absolute atomic E-state index is 0.0306. The highest BCUT2D eigenvalue weighted by Gasteiger charge is 2.47. The summed E-state index contributed by atoms with van der Waals surface area (Å²) in [5.41, 5.74) is 2.48. The van der Waals surface area contributed by atoms with E-state index in [1.165, 1.54) is 16.7 Å². The number of carbonyl (C=O) groups is 2. The summed E-state index contributed by atoms with van der Waals surface area (Å²) >= 11 is 1.39. The van der Waals surface area contributed by atoms with Crippen molar-refractivity contribution in [1.29, 1.82) is 0 Å². The van der Waals surface area contributed by atoms with Crippen molar-refractivity contribution in [3.05, 3.63) is 10.6 Å². The summed E-state index contributed by atoms with van der Waals surface area (Å²) < 4.78 is 0. The maximum Gasteiger partial charge on any atom is 0.353 e. The molecule has 2 heterocycles. The lowest BCUT2D eigenvalue weighted by molar-refractivity contribution is -0.145. The van der Waals surface area contributed by atoms with Gasteiger partial charge in [0.05, 0.1) is 11.8 Å². The van der Waals surface area contributed by atoms with E-state index >= 15 is 0 Å². The lowest BCUT2D eigenvalue weighted by Gasteiger charge is -2.33. The van der Waals surface area contributed by atoms with Crippen molar-refractivity contribution in [1.82, 2.24) is 10.3 Å². The molecule has 0 bridgehead atoms. The molecule has 0 radical (unpaired) electrons. The molecule has 14 heavy (non-hydrogen) atoms. The van der Waals surface area contributed by atoms with E-state index in [1.54, 1.807) is 0 Å². The van der Waals surface area contributed by atoms with Gasteiger partial charge in [0.2, 0.25) is 5.91 Å². The van der Waals surface area contributed by atoms with Gasteiger partial charge in [-0.1, -0.05) is 0 Å². The average molecular weight is 215 g/mol. The van der Waals surface area contributed by atoms with Crippen LogP contribution in [0.1, 0.15) is 6.42 Å². The lowest BCUT2D eigenvalue weighted by Crippen LogP contribution is -2.48. The smallest absolute Gasteiger partial charge is 0.353 e. The molecule has 7 heteroatoms. The second-order valence-electron chi connectivity index (χ2n) is 3.00. The van der Waals surface area contributed by atoms with Crippen LogP contribution in [0.5, 0.6) is 0 Å². The third-order valence-electron chi connectivity index (χ3n) is 2.15. The number of carbonyl (C=O) groups excluding carboxylic acids is 1. The fourth-order valence-corrected chi connectivity index (χ4v) is 2.89. The number of hydrazine groups is 1. The number of fused-ring (bicyclic) bond motifs is 1. The summed E-state index contributed by atoms with van der Waals surface area (Å²) in [5.74, 6) is 3.92. The molecule has 0 aromatic carbocycles. The van der Waals surface area contributed by atoms with Gasteiger partial charge >= 0.3 is 5.97 Å². The van der Waals surface area contributed by atoms with Crippen molar-refractivity contribution >= 4 is 23.6 Å². The standard InChI is InChI=1S/C7H9N3O3S/c8-9-2-3-6(7(12)13)10-4(11)1-5(10)14-3/h5,9H,1-2,8H2,(H,12,13)/t5-/m0/s1. The number of nitrogens with one attached hydrogen (secondary N) is 1. The first-order valence-electron chi connectivity index (χ1n) is 4.03. The highest BCUT2D eigenvalue weighted by atomic mass is 32.2. The van der Waals surface area contributed by atoms with Crippen molar-refractivity contribution in [3.8, 4) is 0 Å². The van der Waals surface area contributed by atoms with Crippen LogP contribution in [0.15, 0.2) is 10.6 Å². The number of rotatable bonds is 3. The largest absolute Gasteiger partial charge is 0.477 e. The maximum absolute atomic E-state index is 11.1. The Hall–Kier alpha value is -1.05. The molecule has 1 atom stereocenters. The summed E-state index contributed by atoms with van der Waals surface area (Å²) in [6, 6.07) is 0. The van der Waals surface area contributed by atoms with Gasteiger partial charge in [0.15, 0.2) is 0 Å². The minimum atomic E-state index is -1.07. The molecule has 1 amide bonds. The Bertz CT molecular complexity index is 341. The SMILES string of the molecule is NNCC1=C(C(=O)O)N2C(=O)C[C@@H]2S1. The Morgan fingerprint density at radius 2 is 2.50 bits per heavy atom. The summed E-state index contributed by atoms with van der Waals surface area (Å²) in [4.78, 5) is 24.0. The van der Waals surface area contributed by atoms with E-state index in [1.807, 2.05) is 0 Å². The van der Waals surface area contributed by atoms with Gasteiger partial charge in [-0.2, -0.15) is 0 Å². The Kier molecular flexibility index (Phi) is 2.22. The number of thioether (sulfide) groups is 1. The monoisotopic (exact) mass is 215 g/mol. The second kappa shape index (κ2) is 3.26. The van der Waals surface area contributed by atoms with E-state index in [0.717, 1.165) is 0 Å². The summed E-state index contributed by atoms with van der Waals surface area (Å²) in [6.07, 6.45) is 0.412. The number of hydrogen-bond acceptors (Lipinski definition) is 5. The Balaban J connectivity index is 2.28. The number of hydrogen-bond donors (Lipinski definition) is 3. The first kappa shape index (κ1) is 9.50. The van der Waals surface area contributed by atoms with E-state index in [0.29, 0.717) is 11.3 Å². The first-order valence-corrected chi connectivity index (χ1v) is 4.91. The van der Waals surface area contributed by atoms with Gasteiger partial charge in [0.1, 0.15) is 5.70 Å². The predicted octanol–water partition coefficient (Wildman–Crippen LogP) is -0.949. The van der Waals surface area contributed by atoms with E-state index in [4.69, 9.17) is 10.9 Å². The van der Waals surface area contributed by atoms with Crippen molar-refractivity contribution < 1.29 is 14.7 Å². The number of carboxylic acid groups (broad SMARTS) is 1. The molecule has 0 unspecified atom stereocenters. The number of aliphatic carboxylic acids is 1. The molecule has 2 aliphatic rings. The van der Waals surface area contributed by atoms with Crippen LogP contribution in [-0.4, -0.2) is 33.8 Å². The van der Waals surface area contributed by atoms with Gasteiger partial charge in [0.25, 0.3) is 0 Å². The molecule has 1 fully saturated rings. The van der Waals surface area contributed by atoms with Gasteiger partial charge < -0.3 is 5.11 Å². The molecule has 1 saturated heterocycles. The molecular formula is C7H9N3O3S. The van der Waals surface area contributed by atoms with Crippen molar-refractivity contribution in [3.63, 3.8) is 0 Å². The van der Waals surface area contributed by atoms with Crippen LogP contribution < -0.4 is 11.3 Å². The Labute approximate surface area is 84.1 Å². The average Bonchev–Trinajstić information content (AvgIpc) is 2.39. The zero-order chi connectivity index (χ0) is 10.3. The zero-order valence-corrected chi connectivity index (χ0v) is 8.00. The van der Waals surface area contributed by atoms with E-state index in [-0.39, 0.29) is 23.5 Å². The fourth-order valence-electron chi connectivity index (χ4n) is 1.55. The normalized spacial score (nSPS) is 25.1. The molecule has 0 aromatic rings. The Morgan fingerprint density at radius 1 is 1.79 bits per heavy atom. The van der Waals surface area contributed by atoms with Crippen LogP contribution in [0.4, 0.5) is 0 Å². The Morgan fingerprint density at radius 3 is 3.00 bits per heavy atom. The summed E-state index contributed by atoms with van der Waals surface area (Å²) in [7, 11) is 0. The van der Waals surface area contributed by atoms with E-state index < -0.39 is 5.97 Å².